The predicted octanol–water partition coefficient (Wildman–Crippen LogP) is 4.29. The van der Waals surface area contributed by atoms with Crippen molar-refractivity contribution in [1.29, 1.82) is 0 Å². The summed E-state index contributed by atoms with van der Waals surface area (Å²) in [6.07, 6.45) is 3.58. The van der Waals surface area contributed by atoms with Crippen LogP contribution in [-0.4, -0.2) is 48.4 Å². The third-order valence-electron chi connectivity index (χ3n) is 8.14. The van der Waals surface area contributed by atoms with Crippen molar-refractivity contribution < 1.29 is 27.8 Å². The molecule has 3 aromatic rings. The van der Waals surface area contributed by atoms with E-state index >= 15 is 0 Å². The van der Waals surface area contributed by atoms with Crippen LogP contribution in [0.2, 0.25) is 0 Å². The standard InChI is InChI=1S/C31H34N4O7S/c1-20-16-17-22(18-27(20)35(38)39)29-28(30(36)32-42-19-21-10-4-3-5-11-21)23-12-6-7-13-24(23)31(37)34(29)26-15-9-8-14-25(26)33-43(2,40)41/h3-7,10-13,16-18,25-26,28-29,33H,8-9,14-15,19H2,1-2H3,(H,32,36). The van der Waals surface area contributed by atoms with Crippen molar-refractivity contribution in [1.82, 2.24) is 15.1 Å². The molecule has 226 valence electrons. The minimum Gasteiger partial charge on any atom is -0.326 e. The summed E-state index contributed by atoms with van der Waals surface area (Å²) in [5, 5.41) is 12.0. The van der Waals surface area contributed by atoms with E-state index in [4.69, 9.17) is 4.84 Å². The summed E-state index contributed by atoms with van der Waals surface area (Å²) < 4.78 is 27.4. The van der Waals surface area contributed by atoms with Crippen molar-refractivity contribution in [3.05, 3.63) is 111 Å². The molecule has 1 aliphatic carbocycles. The summed E-state index contributed by atoms with van der Waals surface area (Å²) in [4.78, 5) is 47.0. The molecule has 0 saturated heterocycles. The second kappa shape index (κ2) is 12.6. The highest BCUT2D eigenvalue weighted by Gasteiger charge is 2.49. The fraction of sp³-hybridized carbons (Fsp3) is 0.355. The van der Waals surface area contributed by atoms with Crippen LogP contribution in [0.15, 0.2) is 72.8 Å². The van der Waals surface area contributed by atoms with Crippen LogP contribution in [0.3, 0.4) is 0 Å². The molecule has 2 N–H and O–H groups in total. The van der Waals surface area contributed by atoms with Gasteiger partial charge in [0.2, 0.25) is 10.0 Å². The summed E-state index contributed by atoms with van der Waals surface area (Å²) in [5.41, 5.74) is 4.86. The van der Waals surface area contributed by atoms with Gasteiger partial charge in [-0.25, -0.2) is 18.6 Å². The van der Waals surface area contributed by atoms with E-state index in [0.717, 1.165) is 24.7 Å². The SMILES string of the molecule is Cc1ccc(C2C(C(=O)NOCc3ccccc3)c3ccccc3C(=O)N2C2CCCCC2NS(C)(=O)=O)cc1[N+](=O)[O-]. The van der Waals surface area contributed by atoms with E-state index in [9.17, 15) is 28.1 Å². The van der Waals surface area contributed by atoms with Crippen LogP contribution in [0.1, 0.15) is 70.3 Å². The summed E-state index contributed by atoms with van der Waals surface area (Å²) in [7, 11) is -3.62. The van der Waals surface area contributed by atoms with Crippen LogP contribution < -0.4 is 10.2 Å². The number of aryl methyl sites for hydroxylation is 1. The predicted molar refractivity (Wildman–Crippen MR) is 159 cm³/mol. The summed E-state index contributed by atoms with van der Waals surface area (Å²) in [6, 6.07) is 18.6. The number of nitro groups is 1. The van der Waals surface area contributed by atoms with Gasteiger partial charge < -0.3 is 4.90 Å². The number of fused-ring (bicyclic) bond motifs is 1. The minimum atomic E-state index is -3.62. The Balaban J connectivity index is 1.63. The Kier molecular flexibility index (Phi) is 8.90. The fourth-order valence-electron chi connectivity index (χ4n) is 6.25. The Hall–Kier alpha value is -4.13. The van der Waals surface area contributed by atoms with Gasteiger partial charge in [0.15, 0.2) is 0 Å². The average molecular weight is 607 g/mol. The van der Waals surface area contributed by atoms with Gasteiger partial charge in [0.05, 0.1) is 29.7 Å². The maximum Gasteiger partial charge on any atom is 0.272 e. The summed E-state index contributed by atoms with van der Waals surface area (Å²) in [5.74, 6) is -1.91. The first-order valence-electron chi connectivity index (χ1n) is 14.1. The van der Waals surface area contributed by atoms with E-state index in [1.165, 1.54) is 6.07 Å². The highest BCUT2D eigenvalue weighted by molar-refractivity contribution is 7.88. The first-order valence-corrected chi connectivity index (χ1v) is 16.0. The lowest BCUT2D eigenvalue weighted by Crippen LogP contribution is -2.59. The molecule has 1 heterocycles. The molecule has 1 saturated carbocycles. The number of carbonyl (C=O) groups excluding carboxylic acids is 2. The zero-order valence-electron chi connectivity index (χ0n) is 23.9. The van der Waals surface area contributed by atoms with Crippen molar-refractivity contribution in [3.8, 4) is 0 Å². The Bertz CT molecular complexity index is 1630. The van der Waals surface area contributed by atoms with Crippen molar-refractivity contribution in [3.63, 3.8) is 0 Å². The number of rotatable bonds is 9. The molecule has 0 bridgehead atoms. The number of amides is 2. The van der Waals surface area contributed by atoms with Crippen LogP contribution in [-0.2, 0) is 26.3 Å². The number of hydrogen-bond acceptors (Lipinski definition) is 7. The van der Waals surface area contributed by atoms with Crippen molar-refractivity contribution in [2.45, 2.75) is 63.3 Å². The topological polar surface area (TPSA) is 148 Å². The van der Waals surface area contributed by atoms with Crippen LogP contribution in [0, 0.1) is 17.0 Å². The molecular weight excluding hydrogens is 572 g/mol. The molecule has 3 aromatic carbocycles. The molecule has 12 heteroatoms. The Labute approximate surface area is 250 Å². The number of nitrogens with one attached hydrogen (secondary N) is 2. The molecule has 1 fully saturated rings. The average Bonchev–Trinajstić information content (AvgIpc) is 2.97. The van der Waals surface area contributed by atoms with E-state index in [1.54, 1.807) is 48.2 Å². The number of nitro benzene ring substituents is 1. The van der Waals surface area contributed by atoms with Gasteiger partial charge in [-0.15, -0.1) is 0 Å². The second-order valence-corrected chi connectivity index (χ2v) is 12.9. The molecule has 2 aliphatic rings. The quantitative estimate of drug-likeness (QED) is 0.273. The number of nitrogens with zero attached hydrogens (tertiary/aromatic N) is 2. The molecule has 0 spiro atoms. The molecule has 11 nitrogen and oxygen atoms in total. The number of hydroxylamine groups is 1. The van der Waals surface area contributed by atoms with Crippen LogP contribution in [0.4, 0.5) is 5.69 Å². The van der Waals surface area contributed by atoms with Crippen molar-refractivity contribution in [2.75, 3.05) is 6.26 Å². The Morgan fingerprint density at radius 1 is 1.05 bits per heavy atom. The molecule has 2 amide bonds. The molecule has 43 heavy (non-hydrogen) atoms. The number of sulfonamides is 1. The molecule has 0 aromatic heterocycles. The zero-order chi connectivity index (χ0) is 30.7. The van der Waals surface area contributed by atoms with Gasteiger partial charge in [-0.05, 0) is 42.5 Å². The molecule has 4 unspecified atom stereocenters. The van der Waals surface area contributed by atoms with E-state index < -0.39 is 44.9 Å². The smallest absolute Gasteiger partial charge is 0.272 e. The molecule has 0 radical (unpaired) electrons. The highest BCUT2D eigenvalue weighted by atomic mass is 32.2. The van der Waals surface area contributed by atoms with Gasteiger partial charge in [0, 0.05) is 29.3 Å². The lowest BCUT2D eigenvalue weighted by molar-refractivity contribution is -0.385. The molecule has 4 atom stereocenters. The van der Waals surface area contributed by atoms with E-state index in [2.05, 4.69) is 10.2 Å². The van der Waals surface area contributed by atoms with E-state index in [-0.39, 0.29) is 18.2 Å². The summed E-state index contributed by atoms with van der Waals surface area (Å²) in [6.45, 7) is 1.73. The first-order chi connectivity index (χ1) is 20.5. The van der Waals surface area contributed by atoms with Crippen molar-refractivity contribution >= 4 is 27.5 Å². The largest absolute Gasteiger partial charge is 0.326 e. The second-order valence-electron chi connectivity index (χ2n) is 11.1. The summed E-state index contributed by atoms with van der Waals surface area (Å²) >= 11 is 0. The lowest BCUT2D eigenvalue weighted by atomic mass is 9.76. The normalized spacial score (nSPS) is 22.1. The van der Waals surface area contributed by atoms with Gasteiger partial charge in [-0.2, -0.15) is 0 Å². The zero-order valence-corrected chi connectivity index (χ0v) is 24.8. The highest BCUT2D eigenvalue weighted by Crippen LogP contribution is 2.46. The van der Waals surface area contributed by atoms with E-state index in [0.29, 0.717) is 35.1 Å². The van der Waals surface area contributed by atoms with Gasteiger partial charge in [0.25, 0.3) is 17.5 Å². The van der Waals surface area contributed by atoms with Gasteiger partial charge >= 0.3 is 0 Å². The van der Waals surface area contributed by atoms with Crippen LogP contribution in [0.25, 0.3) is 0 Å². The maximum atomic E-state index is 14.3. The van der Waals surface area contributed by atoms with E-state index in [1.807, 2.05) is 30.3 Å². The third-order valence-corrected chi connectivity index (χ3v) is 8.87. The minimum absolute atomic E-state index is 0.104. The number of benzene rings is 3. The number of carbonyl (C=O) groups is 2. The Morgan fingerprint density at radius 2 is 1.74 bits per heavy atom. The molecule has 1 aliphatic heterocycles. The first kappa shape index (κ1) is 30.3. The van der Waals surface area contributed by atoms with Gasteiger partial charge in [-0.1, -0.05) is 73.5 Å². The van der Waals surface area contributed by atoms with Crippen LogP contribution >= 0.6 is 0 Å². The van der Waals surface area contributed by atoms with Crippen molar-refractivity contribution in [2.24, 2.45) is 0 Å². The van der Waals surface area contributed by atoms with Gasteiger partial charge in [-0.3, -0.25) is 24.5 Å². The molecular formula is C31H34N4O7S. The molecule has 5 rings (SSSR count). The Morgan fingerprint density at radius 3 is 2.47 bits per heavy atom. The monoisotopic (exact) mass is 606 g/mol. The third kappa shape index (κ3) is 6.61. The van der Waals surface area contributed by atoms with Crippen LogP contribution in [0.5, 0.6) is 0 Å². The van der Waals surface area contributed by atoms with Gasteiger partial charge in [0.1, 0.15) is 0 Å². The lowest BCUT2D eigenvalue weighted by Gasteiger charge is -2.49. The number of hydrogen-bond donors (Lipinski definition) is 2. The fourth-order valence-corrected chi connectivity index (χ4v) is 7.07. The maximum absolute atomic E-state index is 14.3.